The number of rotatable bonds is 8. The molecule has 2 aromatic rings. The van der Waals surface area contributed by atoms with Gasteiger partial charge in [0, 0.05) is 23.9 Å². The molecule has 0 fully saturated rings. The van der Waals surface area contributed by atoms with E-state index in [1.807, 2.05) is 43.4 Å². The van der Waals surface area contributed by atoms with E-state index in [2.05, 4.69) is 18.3 Å². The van der Waals surface area contributed by atoms with Gasteiger partial charge in [-0.25, -0.2) is 4.79 Å². The fourth-order valence-electron chi connectivity index (χ4n) is 2.47. The minimum Gasteiger partial charge on any atom is -0.493 e. The van der Waals surface area contributed by atoms with Crippen LogP contribution >= 0.6 is 0 Å². The van der Waals surface area contributed by atoms with Crippen molar-refractivity contribution in [3.63, 3.8) is 0 Å². The number of anilines is 1. The number of hydrogen-bond acceptors (Lipinski definition) is 3. The highest BCUT2D eigenvalue weighted by atomic mass is 16.5. The Morgan fingerprint density at radius 1 is 1.24 bits per heavy atom. The van der Waals surface area contributed by atoms with Crippen LogP contribution in [0.5, 0.6) is 5.75 Å². The van der Waals surface area contributed by atoms with Crippen LogP contribution in [0.25, 0.3) is 17.2 Å². The fourth-order valence-corrected chi connectivity index (χ4v) is 2.47. The van der Waals surface area contributed by atoms with Crippen LogP contribution in [0.1, 0.15) is 32.3 Å². The van der Waals surface area contributed by atoms with Crippen LogP contribution in [0.3, 0.4) is 0 Å². The van der Waals surface area contributed by atoms with Gasteiger partial charge in [-0.15, -0.1) is 0 Å². The first-order valence-corrected chi connectivity index (χ1v) is 8.51. The number of benzene rings is 2. The summed E-state index contributed by atoms with van der Waals surface area (Å²) in [7, 11) is 1.89. The third-order valence-corrected chi connectivity index (χ3v) is 3.94. The first-order chi connectivity index (χ1) is 12.0. The number of nitrogens with one attached hydrogen (secondary N) is 1. The molecule has 0 amide bonds. The summed E-state index contributed by atoms with van der Waals surface area (Å²) in [5.41, 5.74) is 4.20. The van der Waals surface area contributed by atoms with Crippen molar-refractivity contribution in [1.82, 2.24) is 0 Å². The van der Waals surface area contributed by atoms with E-state index >= 15 is 0 Å². The summed E-state index contributed by atoms with van der Waals surface area (Å²) in [5, 5.41) is 12.2. The van der Waals surface area contributed by atoms with Gasteiger partial charge >= 0.3 is 5.97 Å². The maximum absolute atomic E-state index is 11.1. The zero-order valence-electron chi connectivity index (χ0n) is 15.0. The second kappa shape index (κ2) is 8.92. The van der Waals surface area contributed by atoms with E-state index in [4.69, 9.17) is 9.84 Å². The molecule has 0 saturated heterocycles. The number of unbranched alkanes of at least 4 members (excludes halogenated alkanes) is 1. The lowest BCUT2D eigenvalue weighted by Crippen LogP contribution is -1.99. The molecule has 0 aliphatic rings. The Hall–Kier alpha value is -2.75. The molecule has 0 aliphatic heterocycles. The minimum atomic E-state index is -0.917. The maximum Gasteiger partial charge on any atom is 0.331 e. The summed E-state index contributed by atoms with van der Waals surface area (Å²) in [6.45, 7) is 4.35. The van der Waals surface area contributed by atoms with Crippen molar-refractivity contribution in [3.05, 3.63) is 53.6 Å². The topological polar surface area (TPSA) is 58.6 Å². The zero-order chi connectivity index (χ0) is 18.2. The fraction of sp³-hybridized carbons (Fsp3) is 0.286. The van der Waals surface area contributed by atoms with Gasteiger partial charge in [0.15, 0.2) is 0 Å². The van der Waals surface area contributed by atoms with E-state index in [9.17, 15) is 4.79 Å². The highest BCUT2D eigenvalue weighted by Gasteiger charge is 2.09. The predicted octanol–water partition coefficient (Wildman–Crippen LogP) is 5.06. The Kier molecular flexibility index (Phi) is 6.63. The number of carbonyl (C=O) groups is 1. The van der Waals surface area contributed by atoms with Crippen molar-refractivity contribution < 1.29 is 14.6 Å². The molecule has 0 radical (unpaired) electrons. The van der Waals surface area contributed by atoms with Crippen LogP contribution in [0.15, 0.2) is 48.0 Å². The zero-order valence-corrected chi connectivity index (χ0v) is 15.0. The normalized spacial score (nSPS) is 11.2. The van der Waals surface area contributed by atoms with E-state index in [0.717, 1.165) is 41.0 Å². The largest absolute Gasteiger partial charge is 0.493 e. The number of carboxylic acids is 1. The molecule has 0 atom stereocenters. The molecule has 2 N–H and O–H groups in total. The van der Waals surface area contributed by atoms with Crippen molar-refractivity contribution in [1.29, 1.82) is 0 Å². The Morgan fingerprint density at radius 2 is 2.04 bits per heavy atom. The van der Waals surface area contributed by atoms with Gasteiger partial charge in [-0.1, -0.05) is 37.6 Å². The van der Waals surface area contributed by atoms with Crippen molar-refractivity contribution in [2.45, 2.75) is 26.7 Å². The van der Waals surface area contributed by atoms with Gasteiger partial charge in [-0.05, 0) is 48.7 Å². The minimum absolute atomic E-state index is 0.296. The quantitative estimate of drug-likeness (QED) is 0.521. The summed E-state index contributed by atoms with van der Waals surface area (Å²) in [5.74, 6) is -0.145. The van der Waals surface area contributed by atoms with Crippen LogP contribution in [0, 0.1) is 0 Å². The molecule has 2 aromatic carbocycles. The summed E-state index contributed by atoms with van der Waals surface area (Å²) in [6.07, 6.45) is 3.69. The summed E-state index contributed by atoms with van der Waals surface area (Å²) in [4.78, 5) is 11.1. The van der Waals surface area contributed by atoms with Gasteiger partial charge in [0.1, 0.15) is 5.75 Å². The summed E-state index contributed by atoms with van der Waals surface area (Å²) < 4.78 is 5.99. The van der Waals surface area contributed by atoms with Gasteiger partial charge < -0.3 is 15.2 Å². The SMILES string of the molecule is CCCCOc1cc(/C=C(/C)C(=O)O)ccc1-c1cccc(NC)c1. The number of hydrogen-bond donors (Lipinski definition) is 2. The third-order valence-electron chi connectivity index (χ3n) is 3.94. The Labute approximate surface area is 149 Å². The average Bonchev–Trinajstić information content (AvgIpc) is 2.62. The van der Waals surface area contributed by atoms with Crippen LogP contribution < -0.4 is 10.1 Å². The molecule has 25 heavy (non-hydrogen) atoms. The summed E-state index contributed by atoms with van der Waals surface area (Å²) in [6, 6.07) is 13.9. The van der Waals surface area contributed by atoms with Crippen LogP contribution in [0.4, 0.5) is 5.69 Å². The third kappa shape index (κ3) is 5.11. The molecule has 4 nitrogen and oxygen atoms in total. The Balaban J connectivity index is 2.43. The standard InChI is InChI=1S/C21H25NO3/c1-4-5-11-25-20-13-16(12-15(2)21(23)24)9-10-19(20)17-7-6-8-18(14-17)22-3/h6-10,12-14,22H,4-5,11H2,1-3H3,(H,23,24)/b15-12-. The van der Waals surface area contributed by atoms with E-state index in [0.29, 0.717) is 12.2 Å². The molecule has 4 heteroatoms. The predicted molar refractivity (Wildman–Crippen MR) is 103 cm³/mol. The number of carboxylic acid groups (broad SMARTS) is 1. The molecule has 132 valence electrons. The average molecular weight is 339 g/mol. The summed E-state index contributed by atoms with van der Waals surface area (Å²) >= 11 is 0. The van der Waals surface area contributed by atoms with Crippen LogP contribution in [-0.4, -0.2) is 24.7 Å². The second-order valence-corrected chi connectivity index (χ2v) is 5.92. The van der Waals surface area contributed by atoms with Gasteiger partial charge in [0.2, 0.25) is 0 Å². The molecular formula is C21H25NO3. The first kappa shape index (κ1) is 18.6. The van der Waals surface area contributed by atoms with E-state index in [1.54, 1.807) is 13.0 Å². The van der Waals surface area contributed by atoms with Crippen molar-refractivity contribution in [2.75, 3.05) is 19.0 Å². The number of ether oxygens (including phenoxy) is 1. The van der Waals surface area contributed by atoms with Gasteiger partial charge in [-0.2, -0.15) is 0 Å². The lowest BCUT2D eigenvalue weighted by molar-refractivity contribution is -0.132. The van der Waals surface area contributed by atoms with E-state index in [-0.39, 0.29) is 0 Å². The molecule has 0 spiro atoms. The highest BCUT2D eigenvalue weighted by molar-refractivity contribution is 5.91. The molecule has 0 heterocycles. The molecule has 0 bridgehead atoms. The molecule has 0 saturated carbocycles. The lowest BCUT2D eigenvalue weighted by atomic mass is 10.0. The van der Waals surface area contributed by atoms with E-state index < -0.39 is 5.97 Å². The second-order valence-electron chi connectivity index (χ2n) is 5.92. The van der Waals surface area contributed by atoms with Crippen LogP contribution in [0.2, 0.25) is 0 Å². The van der Waals surface area contributed by atoms with Gasteiger partial charge in [0.05, 0.1) is 6.61 Å². The maximum atomic E-state index is 11.1. The first-order valence-electron chi connectivity index (χ1n) is 8.51. The van der Waals surface area contributed by atoms with E-state index in [1.165, 1.54) is 0 Å². The van der Waals surface area contributed by atoms with Crippen molar-refractivity contribution >= 4 is 17.7 Å². The molecule has 0 aliphatic carbocycles. The lowest BCUT2D eigenvalue weighted by Gasteiger charge is -2.14. The molecule has 2 rings (SSSR count). The molecule has 0 unspecified atom stereocenters. The Morgan fingerprint density at radius 3 is 2.72 bits per heavy atom. The van der Waals surface area contributed by atoms with Crippen LogP contribution in [-0.2, 0) is 4.79 Å². The monoisotopic (exact) mass is 339 g/mol. The molecule has 0 aromatic heterocycles. The molecular weight excluding hydrogens is 314 g/mol. The Bertz CT molecular complexity index is 765. The van der Waals surface area contributed by atoms with Gasteiger partial charge in [0.25, 0.3) is 0 Å². The van der Waals surface area contributed by atoms with Crippen molar-refractivity contribution in [3.8, 4) is 16.9 Å². The van der Waals surface area contributed by atoms with Crippen molar-refractivity contribution in [2.24, 2.45) is 0 Å². The highest BCUT2D eigenvalue weighted by Crippen LogP contribution is 2.33. The van der Waals surface area contributed by atoms with Gasteiger partial charge in [-0.3, -0.25) is 0 Å². The smallest absolute Gasteiger partial charge is 0.331 e. The number of aliphatic carboxylic acids is 1.